The molecule has 4 heteroatoms. The van der Waals surface area contributed by atoms with Crippen LogP contribution in [0.3, 0.4) is 0 Å². The molecule has 5 rings (SSSR count). The molecule has 1 aliphatic carbocycles. The number of H-pyrrole nitrogens is 1. The number of fused-ring (bicyclic) bond motifs is 1. The third-order valence-corrected chi connectivity index (χ3v) is 7.36. The van der Waals surface area contributed by atoms with Crippen molar-refractivity contribution in [2.75, 3.05) is 13.7 Å². The van der Waals surface area contributed by atoms with Crippen molar-refractivity contribution >= 4 is 10.9 Å². The molecule has 0 radical (unpaired) electrons. The van der Waals surface area contributed by atoms with Gasteiger partial charge in [0.25, 0.3) is 0 Å². The lowest BCUT2D eigenvalue weighted by Crippen LogP contribution is -2.53. The average molecular weight is 407 g/mol. The minimum absolute atomic E-state index is 0.154. The second-order valence-electron chi connectivity index (χ2n) is 9.76. The van der Waals surface area contributed by atoms with Crippen LogP contribution in [0.4, 0.5) is 4.39 Å². The smallest absolute Gasteiger partial charge is 0.124 e. The van der Waals surface area contributed by atoms with E-state index in [9.17, 15) is 4.39 Å². The molecule has 1 atom stereocenters. The third-order valence-electron chi connectivity index (χ3n) is 7.36. The van der Waals surface area contributed by atoms with Gasteiger partial charge in [0.15, 0.2) is 0 Å². The fraction of sp³-hybridized carbons (Fsp3) is 0.462. The summed E-state index contributed by atoms with van der Waals surface area (Å²) in [5.41, 5.74) is 4.12. The summed E-state index contributed by atoms with van der Waals surface area (Å²) in [6.07, 6.45) is 5.51. The fourth-order valence-corrected chi connectivity index (χ4v) is 6.19. The molecule has 1 spiro atoms. The number of aromatic amines is 1. The summed E-state index contributed by atoms with van der Waals surface area (Å²) in [7, 11) is 1.76. The zero-order chi connectivity index (χ0) is 20.9. The topological polar surface area (TPSA) is 28.3 Å². The van der Waals surface area contributed by atoms with E-state index in [-0.39, 0.29) is 5.41 Å². The number of rotatable bonds is 4. The lowest BCUT2D eigenvalue weighted by atomic mass is 9.55. The average Bonchev–Trinajstić information content (AvgIpc) is 3.21. The standard InChI is InChI=1S/C26H31FN2O/c1-18-13-23(30-3)21(20-9-11-28-24(18)20)15-29-12-10-26(16-25(2,27)17-26)14-22(29)19-7-5-4-6-8-19/h4-9,11,13,22,28H,10,12,14-17H2,1-3H3. The number of methoxy groups -OCH3 is 1. The number of nitrogens with one attached hydrogen (secondary N) is 1. The maximum atomic E-state index is 14.4. The van der Waals surface area contributed by atoms with E-state index in [2.05, 4.69) is 59.3 Å². The Labute approximate surface area is 178 Å². The first-order valence-corrected chi connectivity index (χ1v) is 11.0. The number of alkyl halides is 1. The molecule has 0 amide bonds. The number of hydrogen-bond donors (Lipinski definition) is 1. The van der Waals surface area contributed by atoms with Gasteiger partial charge in [0.1, 0.15) is 11.4 Å². The van der Waals surface area contributed by atoms with E-state index in [0.29, 0.717) is 18.9 Å². The molecule has 2 aliphatic rings. The molecule has 30 heavy (non-hydrogen) atoms. The Balaban J connectivity index is 1.50. The van der Waals surface area contributed by atoms with Crippen LogP contribution in [0.1, 0.15) is 55.3 Å². The summed E-state index contributed by atoms with van der Waals surface area (Å²) >= 11 is 0. The summed E-state index contributed by atoms with van der Waals surface area (Å²) < 4.78 is 20.2. The van der Waals surface area contributed by atoms with Crippen molar-refractivity contribution in [3.05, 3.63) is 65.4 Å². The molecule has 3 aromatic rings. The van der Waals surface area contributed by atoms with Crippen molar-refractivity contribution < 1.29 is 9.13 Å². The molecule has 1 aromatic heterocycles. The van der Waals surface area contributed by atoms with Gasteiger partial charge in [-0.2, -0.15) is 0 Å². The Morgan fingerprint density at radius 1 is 1.20 bits per heavy atom. The SMILES string of the molecule is COc1cc(C)c2[nH]ccc2c1CN1CCC2(CC1c1ccccc1)CC(C)(F)C2. The molecular formula is C26H31FN2O. The summed E-state index contributed by atoms with van der Waals surface area (Å²) in [6, 6.07) is 15.3. The summed E-state index contributed by atoms with van der Waals surface area (Å²) in [6.45, 7) is 5.70. The Morgan fingerprint density at radius 2 is 1.97 bits per heavy atom. The molecule has 2 fully saturated rings. The molecule has 1 aliphatic heterocycles. The van der Waals surface area contributed by atoms with E-state index in [4.69, 9.17) is 4.74 Å². The number of aromatic nitrogens is 1. The van der Waals surface area contributed by atoms with Crippen molar-refractivity contribution in [2.45, 2.75) is 57.8 Å². The predicted molar refractivity (Wildman–Crippen MR) is 120 cm³/mol. The molecule has 1 unspecified atom stereocenters. The van der Waals surface area contributed by atoms with E-state index >= 15 is 0 Å². The highest BCUT2D eigenvalue weighted by Gasteiger charge is 2.55. The van der Waals surface area contributed by atoms with Gasteiger partial charge in [-0.25, -0.2) is 4.39 Å². The number of ether oxygens (including phenoxy) is 1. The second kappa shape index (κ2) is 7.12. The largest absolute Gasteiger partial charge is 0.496 e. The van der Waals surface area contributed by atoms with Gasteiger partial charge in [-0.1, -0.05) is 30.3 Å². The lowest BCUT2D eigenvalue weighted by molar-refractivity contribution is -0.106. The number of hydrogen-bond acceptors (Lipinski definition) is 2. The van der Waals surface area contributed by atoms with Crippen molar-refractivity contribution in [2.24, 2.45) is 5.41 Å². The van der Waals surface area contributed by atoms with Crippen LogP contribution in [-0.2, 0) is 6.54 Å². The molecule has 1 saturated carbocycles. The highest BCUT2D eigenvalue weighted by Crippen LogP contribution is 2.59. The monoisotopic (exact) mass is 406 g/mol. The van der Waals surface area contributed by atoms with Crippen LogP contribution < -0.4 is 4.74 Å². The van der Waals surface area contributed by atoms with Gasteiger partial charge in [0, 0.05) is 35.2 Å². The van der Waals surface area contributed by atoms with Crippen LogP contribution in [0.2, 0.25) is 0 Å². The van der Waals surface area contributed by atoms with E-state index in [1.807, 2.05) is 6.20 Å². The third kappa shape index (κ3) is 3.31. The molecule has 158 valence electrons. The van der Waals surface area contributed by atoms with Gasteiger partial charge < -0.3 is 9.72 Å². The Bertz CT molecular complexity index is 1050. The quantitative estimate of drug-likeness (QED) is 0.548. The predicted octanol–water partition coefficient (Wildman–Crippen LogP) is 6.33. The van der Waals surface area contributed by atoms with Gasteiger partial charge in [0.05, 0.1) is 7.11 Å². The minimum atomic E-state index is -0.985. The Hall–Kier alpha value is -2.33. The summed E-state index contributed by atoms with van der Waals surface area (Å²) in [4.78, 5) is 5.96. The van der Waals surface area contributed by atoms with Crippen LogP contribution >= 0.6 is 0 Å². The molecule has 2 heterocycles. The van der Waals surface area contributed by atoms with Crippen LogP contribution in [-0.4, -0.2) is 29.2 Å². The van der Waals surface area contributed by atoms with Gasteiger partial charge in [0.2, 0.25) is 0 Å². The number of aryl methyl sites for hydroxylation is 1. The normalized spacial score (nSPS) is 29.3. The first-order chi connectivity index (χ1) is 14.4. The first-order valence-electron chi connectivity index (χ1n) is 11.0. The van der Waals surface area contributed by atoms with Gasteiger partial charge in [-0.15, -0.1) is 0 Å². The number of piperidine rings is 1. The molecule has 2 aromatic carbocycles. The number of nitrogens with zero attached hydrogens (tertiary/aromatic N) is 1. The van der Waals surface area contributed by atoms with E-state index in [1.165, 1.54) is 27.6 Å². The molecule has 1 N–H and O–H groups in total. The van der Waals surface area contributed by atoms with Crippen molar-refractivity contribution in [1.29, 1.82) is 0 Å². The highest BCUT2D eigenvalue weighted by atomic mass is 19.1. The fourth-order valence-electron chi connectivity index (χ4n) is 6.19. The number of likely N-dealkylation sites (tertiary alicyclic amines) is 1. The van der Waals surface area contributed by atoms with E-state index in [0.717, 1.165) is 31.7 Å². The maximum Gasteiger partial charge on any atom is 0.124 e. The van der Waals surface area contributed by atoms with Gasteiger partial charge in [-0.05, 0) is 74.8 Å². The Morgan fingerprint density at radius 3 is 2.67 bits per heavy atom. The van der Waals surface area contributed by atoms with Crippen molar-refractivity contribution in [1.82, 2.24) is 9.88 Å². The van der Waals surface area contributed by atoms with Crippen LogP contribution in [0.15, 0.2) is 48.7 Å². The minimum Gasteiger partial charge on any atom is -0.496 e. The molecular weight excluding hydrogens is 375 g/mol. The van der Waals surface area contributed by atoms with Crippen molar-refractivity contribution in [3.63, 3.8) is 0 Å². The second-order valence-corrected chi connectivity index (χ2v) is 9.76. The number of benzene rings is 2. The Kier molecular flexibility index (Phi) is 4.66. The lowest BCUT2D eigenvalue weighted by Gasteiger charge is -2.56. The van der Waals surface area contributed by atoms with Gasteiger partial charge in [-0.3, -0.25) is 4.90 Å². The molecule has 1 saturated heterocycles. The molecule has 3 nitrogen and oxygen atoms in total. The van der Waals surface area contributed by atoms with Gasteiger partial charge >= 0.3 is 0 Å². The van der Waals surface area contributed by atoms with E-state index in [1.54, 1.807) is 14.0 Å². The number of halogens is 1. The van der Waals surface area contributed by atoms with Crippen LogP contribution in [0, 0.1) is 12.3 Å². The van der Waals surface area contributed by atoms with E-state index < -0.39 is 5.67 Å². The zero-order valence-electron chi connectivity index (χ0n) is 18.2. The van der Waals surface area contributed by atoms with Crippen LogP contribution in [0.25, 0.3) is 10.9 Å². The highest BCUT2D eigenvalue weighted by molar-refractivity contribution is 5.88. The van der Waals surface area contributed by atoms with Crippen molar-refractivity contribution in [3.8, 4) is 5.75 Å². The summed E-state index contributed by atoms with van der Waals surface area (Å²) in [5, 5.41) is 1.24. The summed E-state index contributed by atoms with van der Waals surface area (Å²) in [5.74, 6) is 0.951. The zero-order valence-corrected chi connectivity index (χ0v) is 18.2. The van der Waals surface area contributed by atoms with Crippen LogP contribution in [0.5, 0.6) is 5.75 Å². The first kappa shape index (κ1) is 19.6. The molecule has 0 bridgehead atoms. The maximum absolute atomic E-state index is 14.4.